The topological polar surface area (TPSA) is 65.2 Å². The first-order valence-electron chi connectivity index (χ1n) is 8.16. The highest BCUT2D eigenvalue weighted by atomic mass is 16.2. The smallest absolute Gasteiger partial charge is 0.252 e. The van der Waals surface area contributed by atoms with E-state index >= 15 is 0 Å². The Kier molecular flexibility index (Phi) is 4.95. The van der Waals surface area contributed by atoms with Gasteiger partial charge >= 0.3 is 0 Å². The second-order valence-electron chi connectivity index (χ2n) is 6.33. The van der Waals surface area contributed by atoms with Crippen LogP contribution >= 0.6 is 0 Å². The van der Waals surface area contributed by atoms with Gasteiger partial charge in [0.15, 0.2) is 0 Å². The predicted octanol–water partition coefficient (Wildman–Crippen LogP) is 2.52. The van der Waals surface area contributed by atoms with Gasteiger partial charge in [-0.15, -0.1) is 0 Å². The lowest BCUT2D eigenvalue weighted by Crippen LogP contribution is -2.24. The summed E-state index contributed by atoms with van der Waals surface area (Å²) in [6.45, 7) is 1.30. The third-order valence-corrected chi connectivity index (χ3v) is 3.97. The molecule has 0 saturated heterocycles. The van der Waals surface area contributed by atoms with Crippen molar-refractivity contribution >= 4 is 16.8 Å². The standard InChI is InChI=1S/C20H21N3O2/c1-23(2)13-15-9-7-14(8-10-15)12-21-20(25)17-11-19(24)22-18-6-4-3-5-16(17)18/h3-11H,12-13H2,1-2H3,(H,21,25)(H,22,24). The average Bonchev–Trinajstić information content (AvgIpc) is 2.59. The van der Waals surface area contributed by atoms with Crippen LogP contribution in [0, 0.1) is 0 Å². The average molecular weight is 335 g/mol. The Morgan fingerprint density at radius 1 is 1.04 bits per heavy atom. The van der Waals surface area contributed by atoms with Gasteiger partial charge in [-0.05, 0) is 31.3 Å². The van der Waals surface area contributed by atoms with Crippen LogP contribution < -0.4 is 10.9 Å². The molecule has 0 aliphatic rings. The first-order chi connectivity index (χ1) is 12.0. The van der Waals surface area contributed by atoms with Gasteiger partial charge in [0.05, 0.1) is 5.56 Å². The number of para-hydroxylation sites is 1. The number of pyridine rings is 1. The first-order valence-corrected chi connectivity index (χ1v) is 8.16. The third-order valence-electron chi connectivity index (χ3n) is 3.97. The molecule has 5 heteroatoms. The number of hydrogen-bond donors (Lipinski definition) is 2. The predicted molar refractivity (Wildman–Crippen MR) is 99.6 cm³/mol. The molecule has 0 aliphatic heterocycles. The molecule has 1 aromatic heterocycles. The number of aromatic nitrogens is 1. The van der Waals surface area contributed by atoms with E-state index in [9.17, 15) is 9.59 Å². The molecule has 2 aromatic carbocycles. The number of amides is 1. The monoisotopic (exact) mass is 335 g/mol. The number of aromatic amines is 1. The Morgan fingerprint density at radius 2 is 1.72 bits per heavy atom. The minimum Gasteiger partial charge on any atom is -0.348 e. The third kappa shape index (κ3) is 4.14. The largest absolute Gasteiger partial charge is 0.348 e. The quantitative estimate of drug-likeness (QED) is 0.753. The van der Waals surface area contributed by atoms with E-state index in [4.69, 9.17) is 0 Å². The van der Waals surface area contributed by atoms with Crippen LogP contribution in [0.2, 0.25) is 0 Å². The Balaban J connectivity index is 1.74. The number of nitrogens with one attached hydrogen (secondary N) is 2. The van der Waals surface area contributed by atoms with Gasteiger partial charge in [-0.3, -0.25) is 9.59 Å². The Labute approximate surface area is 146 Å². The van der Waals surface area contributed by atoms with Gasteiger partial charge in [0, 0.05) is 30.1 Å². The molecule has 3 aromatic rings. The number of fused-ring (bicyclic) bond motifs is 1. The van der Waals surface area contributed by atoms with Gasteiger partial charge in [0.1, 0.15) is 0 Å². The van der Waals surface area contributed by atoms with Crippen LogP contribution in [0.15, 0.2) is 59.4 Å². The van der Waals surface area contributed by atoms with Gasteiger partial charge in [-0.1, -0.05) is 42.5 Å². The minimum atomic E-state index is -0.281. The van der Waals surface area contributed by atoms with Gasteiger partial charge in [-0.2, -0.15) is 0 Å². The summed E-state index contributed by atoms with van der Waals surface area (Å²) < 4.78 is 0. The number of hydrogen-bond acceptors (Lipinski definition) is 3. The van der Waals surface area contributed by atoms with Gasteiger partial charge in [0.25, 0.3) is 5.91 Å². The summed E-state index contributed by atoms with van der Waals surface area (Å²) in [5.74, 6) is -0.250. The number of nitrogens with zero attached hydrogens (tertiary/aromatic N) is 1. The lowest BCUT2D eigenvalue weighted by Gasteiger charge is -2.11. The molecule has 128 valence electrons. The SMILES string of the molecule is CN(C)Cc1ccc(CNC(=O)c2cc(=O)[nH]c3ccccc23)cc1. The van der Waals surface area contributed by atoms with Crippen LogP contribution in [-0.4, -0.2) is 29.9 Å². The van der Waals surface area contributed by atoms with E-state index in [1.807, 2.05) is 44.4 Å². The van der Waals surface area contributed by atoms with E-state index < -0.39 is 0 Å². The molecule has 25 heavy (non-hydrogen) atoms. The van der Waals surface area contributed by atoms with Crippen LogP contribution in [0.1, 0.15) is 21.5 Å². The van der Waals surface area contributed by atoms with Crippen molar-refractivity contribution in [2.75, 3.05) is 14.1 Å². The lowest BCUT2D eigenvalue weighted by atomic mass is 10.1. The molecular formula is C20H21N3O2. The fourth-order valence-electron chi connectivity index (χ4n) is 2.80. The molecule has 0 atom stereocenters. The van der Waals surface area contributed by atoms with E-state index in [0.717, 1.165) is 17.5 Å². The fraction of sp³-hybridized carbons (Fsp3) is 0.200. The molecule has 0 unspecified atom stereocenters. The molecule has 0 radical (unpaired) electrons. The molecular weight excluding hydrogens is 314 g/mol. The summed E-state index contributed by atoms with van der Waals surface area (Å²) in [4.78, 5) is 29.1. The van der Waals surface area contributed by atoms with Crippen LogP contribution in [0.25, 0.3) is 10.9 Å². The van der Waals surface area contributed by atoms with E-state index in [0.29, 0.717) is 17.6 Å². The zero-order valence-corrected chi connectivity index (χ0v) is 14.4. The van der Waals surface area contributed by atoms with Crippen molar-refractivity contribution in [2.24, 2.45) is 0 Å². The number of H-pyrrole nitrogens is 1. The Morgan fingerprint density at radius 3 is 2.44 bits per heavy atom. The van der Waals surface area contributed by atoms with Crippen molar-refractivity contribution in [2.45, 2.75) is 13.1 Å². The maximum atomic E-state index is 12.5. The second-order valence-corrected chi connectivity index (χ2v) is 6.33. The van der Waals surface area contributed by atoms with E-state index in [-0.39, 0.29) is 11.5 Å². The summed E-state index contributed by atoms with van der Waals surface area (Å²) >= 11 is 0. The summed E-state index contributed by atoms with van der Waals surface area (Å²) in [7, 11) is 4.06. The Hall–Kier alpha value is -2.92. The van der Waals surface area contributed by atoms with Gasteiger partial charge in [0.2, 0.25) is 5.56 Å². The number of carbonyl (C=O) groups excluding carboxylic acids is 1. The van der Waals surface area contributed by atoms with E-state index in [1.165, 1.54) is 11.6 Å². The molecule has 2 N–H and O–H groups in total. The highest BCUT2D eigenvalue weighted by Gasteiger charge is 2.11. The normalized spacial score (nSPS) is 11.0. The minimum absolute atomic E-state index is 0.250. The van der Waals surface area contributed by atoms with Crippen LogP contribution in [0.5, 0.6) is 0 Å². The van der Waals surface area contributed by atoms with Gasteiger partial charge < -0.3 is 15.2 Å². The highest BCUT2D eigenvalue weighted by Crippen LogP contribution is 2.14. The van der Waals surface area contributed by atoms with Crippen molar-refractivity contribution < 1.29 is 4.79 Å². The van der Waals surface area contributed by atoms with E-state index in [1.54, 1.807) is 6.07 Å². The fourth-order valence-corrected chi connectivity index (χ4v) is 2.80. The van der Waals surface area contributed by atoms with Crippen LogP contribution in [-0.2, 0) is 13.1 Å². The molecule has 5 nitrogen and oxygen atoms in total. The summed E-state index contributed by atoms with van der Waals surface area (Å²) in [5.41, 5.74) is 3.01. The summed E-state index contributed by atoms with van der Waals surface area (Å²) in [6, 6.07) is 16.8. The molecule has 0 fully saturated rings. The van der Waals surface area contributed by atoms with Crippen molar-refractivity contribution in [3.05, 3.63) is 81.6 Å². The summed E-state index contributed by atoms with van der Waals surface area (Å²) in [5, 5.41) is 3.63. The van der Waals surface area contributed by atoms with Gasteiger partial charge in [-0.25, -0.2) is 0 Å². The zero-order valence-electron chi connectivity index (χ0n) is 14.4. The molecule has 1 heterocycles. The molecule has 0 saturated carbocycles. The number of carbonyl (C=O) groups is 1. The Bertz CT molecular complexity index is 943. The van der Waals surface area contributed by atoms with Crippen molar-refractivity contribution in [1.29, 1.82) is 0 Å². The highest BCUT2D eigenvalue weighted by molar-refractivity contribution is 6.05. The second kappa shape index (κ2) is 7.32. The van der Waals surface area contributed by atoms with Crippen LogP contribution in [0.3, 0.4) is 0 Å². The molecule has 0 spiro atoms. The van der Waals surface area contributed by atoms with E-state index in [2.05, 4.69) is 27.3 Å². The van der Waals surface area contributed by atoms with Crippen molar-refractivity contribution in [1.82, 2.24) is 15.2 Å². The van der Waals surface area contributed by atoms with Crippen LogP contribution in [0.4, 0.5) is 0 Å². The van der Waals surface area contributed by atoms with Crippen molar-refractivity contribution in [3.63, 3.8) is 0 Å². The number of rotatable bonds is 5. The molecule has 0 bridgehead atoms. The summed E-state index contributed by atoms with van der Waals surface area (Å²) in [6.07, 6.45) is 0. The maximum Gasteiger partial charge on any atom is 0.252 e. The molecule has 3 rings (SSSR count). The lowest BCUT2D eigenvalue weighted by molar-refractivity contribution is 0.0952. The number of benzene rings is 2. The maximum absolute atomic E-state index is 12.5. The molecule has 1 amide bonds. The first kappa shape index (κ1) is 16.9. The zero-order chi connectivity index (χ0) is 17.8. The molecule has 0 aliphatic carbocycles. The van der Waals surface area contributed by atoms with Crippen molar-refractivity contribution in [3.8, 4) is 0 Å².